The summed E-state index contributed by atoms with van der Waals surface area (Å²) in [5.41, 5.74) is 4.62. The van der Waals surface area contributed by atoms with E-state index in [0.29, 0.717) is 5.02 Å². The van der Waals surface area contributed by atoms with Crippen molar-refractivity contribution in [2.45, 2.75) is 0 Å². The van der Waals surface area contributed by atoms with Gasteiger partial charge in [-0.3, -0.25) is 4.79 Å². The lowest BCUT2D eigenvalue weighted by Gasteiger charge is -2.11. The average Bonchev–Trinajstić information content (AvgIpc) is 2.79. The van der Waals surface area contributed by atoms with E-state index in [4.69, 9.17) is 23.2 Å². The lowest BCUT2D eigenvalue weighted by Crippen LogP contribution is -2.17. The van der Waals surface area contributed by atoms with Crippen molar-refractivity contribution < 1.29 is 4.79 Å². The van der Waals surface area contributed by atoms with Crippen LogP contribution in [0.15, 0.2) is 35.4 Å². The van der Waals surface area contributed by atoms with E-state index in [0.717, 1.165) is 11.3 Å². The van der Waals surface area contributed by atoms with E-state index in [1.54, 1.807) is 6.21 Å². The minimum absolute atomic E-state index is 0.227. The molecule has 21 heavy (non-hydrogen) atoms. The van der Waals surface area contributed by atoms with E-state index in [2.05, 4.69) is 15.5 Å². The van der Waals surface area contributed by atoms with Gasteiger partial charge in [0.2, 0.25) is 0 Å². The van der Waals surface area contributed by atoms with Crippen LogP contribution in [-0.2, 0) is 0 Å². The lowest BCUT2D eigenvalue weighted by molar-refractivity contribution is 0.0951. The van der Waals surface area contributed by atoms with Crippen molar-refractivity contribution in [3.05, 3.63) is 51.8 Å². The van der Waals surface area contributed by atoms with Crippen LogP contribution in [0.5, 0.6) is 0 Å². The van der Waals surface area contributed by atoms with Gasteiger partial charge < -0.3 is 9.88 Å². The molecule has 0 radical (unpaired) electrons. The predicted molar refractivity (Wildman–Crippen MR) is 86.6 cm³/mol. The number of aromatic nitrogens is 1. The van der Waals surface area contributed by atoms with E-state index >= 15 is 0 Å². The molecule has 0 aliphatic heterocycles. The van der Waals surface area contributed by atoms with Crippen molar-refractivity contribution in [3.63, 3.8) is 0 Å². The highest BCUT2D eigenvalue weighted by molar-refractivity contribution is 6.41. The summed E-state index contributed by atoms with van der Waals surface area (Å²) in [5, 5.41) is 4.41. The maximum Gasteiger partial charge on any atom is 0.287 e. The van der Waals surface area contributed by atoms with Crippen LogP contribution in [0.25, 0.3) is 0 Å². The molecule has 1 heterocycles. The maximum absolute atomic E-state index is 11.8. The molecule has 0 atom stereocenters. The SMILES string of the molecule is CN(C)c1ccc(/C=N/NC(=O)c2cc(Cl)c(Cl)[nH]2)cc1. The van der Waals surface area contributed by atoms with Gasteiger partial charge in [0, 0.05) is 19.8 Å². The summed E-state index contributed by atoms with van der Waals surface area (Å²) in [5.74, 6) is -0.412. The van der Waals surface area contributed by atoms with Crippen LogP contribution in [0.4, 0.5) is 5.69 Å². The molecule has 0 unspecified atom stereocenters. The van der Waals surface area contributed by atoms with Gasteiger partial charge in [-0.05, 0) is 23.8 Å². The largest absolute Gasteiger partial charge is 0.378 e. The van der Waals surface area contributed by atoms with Crippen LogP contribution in [0.3, 0.4) is 0 Å². The molecule has 0 aliphatic rings. The Morgan fingerprint density at radius 3 is 2.48 bits per heavy atom. The summed E-state index contributed by atoms with van der Waals surface area (Å²) in [4.78, 5) is 16.4. The van der Waals surface area contributed by atoms with Gasteiger partial charge in [-0.2, -0.15) is 5.10 Å². The van der Waals surface area contributed by atoms with Crippen LogP contribution >= 0.6 is 23.2 Å². The topological polar surface area (TPSA) is 60.5 Å². The summed E-state index contributed by atoms with van der Waals surface area (Å²) in [7, 11) is 3.94. The summed E-state index contributed by atoms with van der Waals surface area (Å²) in [6.07, 6.45) is 1.56. The second-order valence-corrected chi connectivity index (χ2v) is 5.32. The van der Waals surface area contributed by atoms with E-state index in [9.17, 15) is 4.79 Å². The highest BCUT2D eigenvalue weighted by Gasteiger charge is 2.10. The highest BCUT2D eigenvalue weighted by atomic mass is 35.5. The number of benzene rings is 1. The standard InChI is InChI=1S/C14H14Cl2N4O/c1-20(2)10-5-3-9(4-6-10)8-17-19-14(21)12-7-11(15)13(16)18-12/h3-8,18H,1-2H3,(H,19,21)/b17-8+. The summed E-state index contributed by atoms with van der Waals surface area (Å²) in [6, 6.07) is 9.20. The number of amides is 1. The third kappa shape index (κ3) is 4.00. The number of nitrogens with one attached hydrogen (secondary N) is 2. The van der Waals surface area contributed by atoms with Gasteiger partial charge in [-0.25, -0.2) is 5.43 Å². The van der Waals surface area contributed by atoms with Gasteiger partial charge in [0.25, 0.3) is 5.91 Å². The van der Waals surface area contributed by atoms with Crippen LogP contribution in [0.1, 0.15) is 16.1 Å². The van der Waals surface area contributed by atoms with Gasteiger partial charge in [0.05, 0.1) is 11.2 Å². The van der Waals surface area contributed by atoms with Crippen LogP contribution in [0, 0.1) is 0 Å². The number of carbonyl (C=O) groups is 1. The van der Waals surface area contributed by atoms with Gasteiger partial charge in [0.15, 0.2) is 0 Å². The lowest BCUT2D eigenvalue weighted by atomic mass is 10.2. The third-order valence-corrected chi connectivity index (χ3v) is 3.45. The molecule has 2 rings (SSSR count). The van der Waals surface area contributed by atoms with Gasteiger partial charge in [-0.15, -0.1) is 0 Å². The van der Waals surface area contributed by atoms with E-state index in [1.165, 1.54) is 6.07 Å². The number of rotatable bonds is 4. The van der Waals surface area contributed by atoms with E-state index < -0.39 is 5.91 Å². The second kappa shape index (κ2) is 6.65. The zero-order chi connectivity index (χ0) is 15.4. The van der Waals surface area contributed by atoms with Crippen LogP contribution in [0.2, 0.25) is 10.2 Å². The van der Waals surface area contributed by atoms with E-state index in [-0.39, 0.29) is 10.8 Å². The number of carbonyl (C=O) groups excluding carboxylic acids is 1. The number of nitrogens with zero attached hydrogens (tertiary/aromatic N) is 2. The molecule has 7 heteroatoms. The Hall–Kier alpha value is -1.98. The van der Waals surface area contributed by atoms with Crippen molar-refractivity contribution in [1.82, 2.24) is 10.4 Å². The number of halogens is 2. The first kappa shape index (κ1) is 15.4. The molecule has 5 nitrogen and oxygen atoms in total. The Morgan fingerprint density at radius 1 is 1.29 bits per heavy atom. The first-order chi connectivity index (χ1) is 9.97. The van der Waals surface area contributed by atoms with Crippen molar-refractivity contribution in [2.24, 2.45) is 5.10 Å². The van der Waals surface area contributed by atoms with Crippen molar-refractivity contribution in [3.8, 4) is 0 Å². The molecule has 0 saturated heterocycles. The monoisotopic (exact) mass is 324 g/mol. The molecule has 0 spiro atoms. The molecule has 1 aromatic carbocycles. The number of anilines is 1. The zero-order valence-electron chi connectivity index (χ0n) is 11.5. The molecule has 0 saturated carbocycles. The quantitative estimate of drug-likeness (QED) is 0.670. The summed E-state index contributed by atoms with van der Waals surface area (Å²) in [6.45, 7) is 0. The van der Waals surface area contributed by atoms with Crippen LogP contribution < -0.4 is 10.3 Å². The normalized spacial score (nSPS) is 10.9. The highest BCUT2D eigenvalue weighted by Crippen LogP contribution is 2.21. The van der Waals surface area contributed by atoms with Crippen molar-refractivity contribution >= 4 is 41.0 Å². The minimum atomic E-state index is -0.412. The van der Waals surface area contributed by atoms with Crippen LogP contribution in [-0.4, -0.2) is 31.2 Å². The second-order valence-electron chi connectivity index (χ2n) is 4.53. The van der Waals surface area contributed by atoms with Gasteiger partial charge in [0.1, 0.15) is 10.8 Å². The van der Waals surface area contributed by atoms with Crippen molar-refractivity contribution in [2.75, 3.05) is 19.0 Å². The molecule has 0 bridgehead atoms. The van der Waals surface area contributed by atoms with E-state index in [1.807, 2.05) is 43.3 Å². The Balaban J connectivity index is 1.97. The number of hydrogen-bond donors (Lipinski definition) is 2. The maximum atomic E-state index is 11.8. The molecule has 0 aliphatic carbocycles. The molecular weight excluding hydrogens is 311 g/mol. The van der Waals surface area contributed by atoms with Crippen molar-refractivity contribution in [1.29, 1.82) is 0 Å². The number of hydrogen-bond acceptors (Lipinski definition) is 3. The Morgan fingerprint density at radius 2 is 1.95 bits per heavy atom. The summed E-state index contributed by atoms with van der Waals surface area (Å²) >= 11 is 11.5. The minimum Gasteiger partial charge on any atom is -0.378 e. The fraction of sp³-hybridized carbons (Fsp3) is 0.143. The molecule has 2 aromatic rings. The first-order valence-corrected chi connectivity index (χ1v) is 6.88. The first-order valence-electron chi connectivity index (χ1n) is 6.12. The fourth-order valence-corrected chi connectivity index (χ4v) is 1.92. The molecule has 1 amide bonds. The smallest absolute Gasteiger partial charge is 0.287 e. The number of hydrazone groups is 1. The molecule has 0 fully saturated rings. The molecule has 2 N–H and O–H groups in total. The fourth-order valence-electron chi connectivity index (χ4n) is 1.61. The van der Waals surface area contributed by atoms with Gasteiger partial charge >= 0.3 is 0 Å². The summed E-state index contributed by atoms with van der Waals surface area (Å²) < 4.78 is 0. The predicted octanol–water partition coefficient (Wildman–Crippen LogP) is 3.15. The Bertz CT molecular complexity index is 643. The molecule has 1 aromatic heterocycles. The molecular formula is C14H14Cl2N4O. The number of aromatic amines is 1. The number of H-pyrrole nitrogens is 1. The Labute approximate surface area is 132 Å². The van der Waals surface area contributed by atoms with Gasteiger partial charge in [-0.1, -0.05) is 35.3 Å². The Kier molecular flexibility index (Phi) is 4.88. The third-order valence-electron chi connectivity index (χ3n) is 2.76. The average molecular weight is 325 g/mol. The molecule has 110 valence electrons. The zero-order valence-corrected chi connectivity index (χ0v) is 13.0.